The van der Waals surface area contributed by atoms with Gasteiger partial charge >= 0.3 is 11.9 Å². The number of anilines is 1. The van der Waals surface area contributed by atoms with E-state index in [-0.39, 0.29) is 23.8 Å². The van der Waals surface area contributed by atoms with Crippen LogP contribution in [0.4, 0.5) is 27.8 Å². The molecule has 3 heterocycles. The number of ether oxygens (including phenoxy) is 2. The summed E-state index contributed by atoms with van der Waals surface area (Å²) in [6.07, 6.45) is 0.633. The molecule has 0 saturated heterocycles. The molecule has 7 nitrogen and oxygen atoms in total. The molecular weight excluding hydrogens is 511 g/mol. The van der Waals surface area contributed by atoms with E-state index in [4.69, 9.17) is 9.47 Å². The summed E-state index contributed by atoms with van der Waals surface area (Å²) in [6.45, 7) is 3.16. The number of unbranched alkanes of at least 4 members (excludes halogenated alkanes) is 1. The lowest BCUT2D eigenvalue weighted by Gasteiger charge is -2.19. The lowest BCUT2D eigenvalue weighted by molar-refractivity contribution is -0.141. The summed E-state index contributed by atoms with van der Waals surface area (Å²) >= 11 is 0. The average molecular weight is 537 g/mol. The minimum atomic E-state index is -4.65. The van der Waals surface area contributed by atoms with Gasteiger partial charge in [-0.25, -0.2) is 18.6 Å². The van der Waals surface area contributed by atoms with Crippen LogP contribution in [0.15, 0.2) is 41.3 Å². The van der Waals surface area contributed by atoms with Crippen LogP contribution in [0.5, 0.6) is 17.4 Å². The lowest BCUT2D eigenvalue weighted by Crippen LogP contribution is -2.26. The zero-order chi connectivity index (χ0) is 27.0. The normalized spacial score (nSPS) is 18.4. The predicted octanol–water partition coefficient (Wildman–Crippen LogP) is 5.71. The van der Waals surface area contributed by atoms with Crippen LogP contribution in [0.3, 0.4) is 0 Å². The number of aromatic nitrogens is 3. The fraction of sp³-hybridized carbons (Fsp3) is 0.423. The van der Waals surface area contributed by atoms with Gasteiger partial charge in [0.1, 0.15) is 23.9 Å². The number of rotatable bonds is 9. The van der Waals surface area contributed by atoms with Gasteiger partial charge in [0.05, 0.1) is 6.20 Å². The van der Waals surface area contributed by atoms with E-state index in [0.717, 1.165) is 56.0 Å². The Bertz CT molecular complexity index is 1350. The van der Waals surface area contributed by atoms with Crippen molar-refractivity contribution in [1.29, 1.82) is 0 Å². The summed E-state index contributed by atoms with van der Waals surface area (Å²) < 4.78 is 79.5. The zero-order valence-electron chi connectivity index (χ0n) is 20.5. The van der Waals surface area contributed by atoms with E-state index in [0.29, 0.717) is 24.6 Å². The minimum absolute atomic E-state index is 0.0517. The van der Waals surface area contributed by atoms with Crippen LogP contribution in [-0.4, -0.2) is 27.1 Å². The van der Waals surface area contributed by atoms with Gasteiger partial charge in [0.25, 0.3) is 0 Å². The van der Waals surface area contributed by atoms with Crippen molar-refractivity contribution in [2.75, 3.05) is 11.4 Å². The fourth-order valence-corrected chi connectivity index (χ4v) is 4.72. The largest absolute Gasteiger partial charge is 0.473 e. The molecule has 2 atom stereocenters. The maximum atomic E-state index is 14.6. The highest BCUT2D eigenvalue weighted by molar-refractivity contribution is 5.48. The van der Waals surface area contributed by atoms with Gasteiger partial charge in [-0.1, -0.05) is 19.8 Å². The van der Waals surface area contributed by atoms with Crippen molar-refractivity contribution in [3.8, 4) is 17.4 Å². The molecule has 38 heavy (non-hydrogen) atoms. The van der Waals surface area contributed by atoms with Gasteiger partial charge in [-0.05, 0) is 48.6 Å². The summed E-state index contributed by atoms with van der Waals surface area (Å²) in [4.78, 5) is 21.9. The first-order valence-corrected chi connectivity index (χ1v) is 12.3. The van der Waals surface area contributed by atoms with E-state index < -0.39 is 34.9 Å². The number of pyridine rings is 1. The first kappa shape index (κ1) is 25.9. The molecule has 2 aromatic heterocycles. The molecule has 2 unspecified atom stereocenters. The van der Waals surface area contributed by atoms with Gasteiger partial charge in [0.2, 0.25) is 5.88 Å². The maximum Gasteiger partial charge on any atom is 0.433 e. The van der Waals surface area contributed by atoms with Crippen molar-refractivity contribution in [3.63, 3.8) is 0 Å². The molecule has 0 spiro atoms. The molecule has 3 aromatic rings. The Morgan fingerprint density at radius 3 is 2.53 bits per heavy atom. The Balaban J connectivity index is 1.26. The minimum Gasteiger partial charge on any atom is -0.473 e. The third-order valence-electron chi connectivity index (χ3n) is 6.73. The molecule has 1 aliphatic carbocycles. The summed E-state index contributed by atoms with van der Waals surface area (Å²) in [7, 11) is 0. The molecule has 0 N–H and O–H groups in total. The summed E-state index contributed by atoms with van der Waals surface area (Å²) in [5.74, 6) is -1.82. The van der Waals surface area contributed by atoms with Crippen LogP contribution >= 0.6 is 0 Å². The summed E-state index contributed by atoms with van der Waals surface area (Å²) in [6, 6.07) is 5.58. The number of nitrogens with zero attached hydrogens (tertiary/aromatic N) is 4. The third kappa shape index (κ3) is 5.44. The smallest absolute Gasteiger partial charge is 0.433 e. The lowest BCUT2D eigenvalue weighted by atomic mass is 10.2. The van der Waals surface area contributed by atoms with Crippen molar-refractivity contribution < 1.29 is 31.4 Å². The number of benzene rings is 1. The molecule has 2 aliphatic rings. The van der Waals surface area contributed by atoms with Crippen molar-refractivity contribution >= 4 is 5.82 Å². The van der Waals surface area contributed by atoms with Gasteiger partial charge in [-0.15, -0.1) is 0 Å². The van der Waals surface area contributed by atoms with E-state index in [1.165, 1.54) is 6.42 Å². The fourth-order valence-electron chi connectivity index (χ4n) is 4.72. The van der Waals surface area contributed by atoms with E-state index in [1.807, 2.05) is 0 Å². The molecule has 0 bridgehead atoms. The first-order chi connectivity index (χ1) is 18.1. The average Bonchev–Trinajstić information content (AvgIpc) is 3.51. The molecule has 202 valence electrons. The van der Waals surface area contributed by atoms with Crippen LogP contribution in [0.2, 0.25) is 0 Å². The topological polar surface area (TPSA) is 69.5 Å². The molecule has 1 saturated carbocycles. The highest BCUT2D eigenvalue weighted by Gasteiger charge is 2.43. The number of fused-ring (bicyclic) bond motifs is 1. The number of hydrogen-bond acceptors (Lipinski definition) is 6. The van der Waals surface area contributed by atoms with Gasteiger partial charge in [-0.2, -0.15) is 18.2 Å². The van der Waals surface area contributed by atoms with Gasteiger partial charge in [0.15, 0.2) is 17.4 Å². The molecule has 0 radical (unpaired) electrons. The van der Waals surface area contributed by atoms with Crippen LogP contribution in [0, 0.1) is 17.6 Å². The van der Waals surface area contributed by atoms with Gasteiger partial charge in [0, 0.05) is 25.2 Å². The SMILES string of the molecule is CCCCC1CC1N1CCn2c1cc(OCc1cc(F)c(Oc3ccc(C(F)(F)F)nc3)c(F)c1)nc2=O. The first-order valence-electron chi connectivity index (χ1n) is 12.3. The second kappa shape index (κ2) is 10.2. The van der Waals surface area contributed by atoms with Crippen LogP contribution in [0.25, 0.3) is 0 Å². The van der Waals surface area contributed by atoms with Crippen molar-refractivity contribution in [2.45, 2.75) is 58.0 Å². The maximum absolute atomic E-state index is 14.6. The van der Waals surface area contributed by atoms with Crippen molar-refractivity contribution in [2.24, 2.45) is 5.92 Å². The van der Waals surface area contributed by atoms with Gasteiger partial charge < -0.3 is 14.4 Å². The quantitative estimate of drug-likeness (QED) is 0.327. The van der Waals surface area contributed by atoms with Crippen molar-refractivity contribution in [3.05, 3.63) is 69.9 Å². The molecule has 0 amide bonds. The molecule has 12 heteroatoms. The second-order valence-corrected chi connectivity index (χ2v) is 9.44. The Kier molecular flexibility index (Phi) is 6.97. The summed E-state index contributed by atoms with van der Waals surface area (Å²) in [5, 5.41) is 0. The predicted molar refractivity (Wildman–Crippen MR) is 127 cm³/mol. The molecule has 5 rings (SSSR count). The van der Waals surface area contributed by atoms with E-state index >= 15 is 0 Å². The summed E-state index contributed by atoms with van der Waals surface area (Å²) in [5.41, 5.74) is -1.49. The highest BCUT2D eigenvalue weighted by Crippen LogP contribution is 2.43. The van der Waals surface area contributed by atoms with Crippen LogP contribution in [-0.2, 0) is 19.3 Å². The Hall–Kier alpha value is -3.70. The van der Waals surface area contributed by atoms with Crippen LogP contribution in [0.1, 0.15) is 43.9 Å². The van der Waals surface area contributed by atoms with E-state index in [1.54, 1.807) is 10.6 Å². The zero-order valence-corrected chi connectivity index (χ0v) is 20.5. The molecule has 1 aromatic carbocycles. The van der Waals surface area contributed by atoms with E-state index in [2.05, 4.69) is 21.8 Å². The number of hydrogen-bond donors (Lipinski definition) is 0. The Labute approximate surface area is 214 Å². The highest BCUT2D eigenvalue weighted by atomic mass is 19.4. The third-order valence-corrected chi connectivity index (χ3v) is 6.73. The standard InChI is InChI=1S/C26H25F5N4O3/c1-2-3-4-16-11-20(16)34-7-8-35-23(34)12-22(33-25(35)36)37-14-15-9-18(27)24(19(28)10-15)38-17-5-6-21(32-13-17)26(29,30)31/h5-6,9-10,12-13,16,20H,2-4,7-8,11,14H2,1H3. The molecule has 1 fully saturated rings. The number of alkyl halides is 3. The van der Waals surface area contributed by atoms with Crippen molar-refractivity contribution in [1.82, 2.24) is 14.5 Å². The van der Waals surface area contributed by atoms with Gasteiger partial charge in [-0.3, -0.25) is 4.57 Å². The van der Waals surface area contributed by atoms with E-state index in [9.17, 15) is 26.7 Å². The molecule has 1 aliphatic heterocycles. The second-order valence-electron chi connectivity index (χ2n) is 9.44. The Morgan fingerprint density at radius 2 is 1.87 bits per heavy atom. The Morgan fingerprint density at radius 1 is 1.11 bits per heavy atom. The number of halogens is 5. The van der Waals surface area contributed by atoms with Crippen LogP contribution < -0.4 is 20.1 Å². The monoisotopic (exact) mass is 536 g/mol. The molecular formula is C26H25F5N4O3.